The summed E-state index contributed by atoms with van der Waals surface area (Å²) in [4.78, 5) is 20.7. The van der Waals surface area contributed by atoms with Crippen LogP contribution >= 0.6 is 0 Å². The molecule has 1 aliphatic heterocycles. The minimum Gasteiger partial charge on any atom is -0.455 e. The number of esters is 1. The van der Waals surface area contributed by atoms with Crippen molar-refractivity contribution in [1.82, 2.24) is 0 Å². The van der Waals surface area contributed by atoms with Crippen molar-refractivity contribution in [2.45, 2.75) is 19.4 Å². The molecule has 1 atom stereocenters. The first-order valence-corrected chi connectivity index (χ1v) is 3.09. The fraction of sp³-hybridized carbons (Fsp3) is 0.429. The Kier molecular flexibility index (Phi) is 1.85. The lowest BCUT2D eigenvalue weighted by atomic mass is 10.2. The van der Waals surface area contributed by atoms with Crippen LogP contribution in [0.4, 0.5) is 0 Å². The standard InChI is InChI=1S/C7H8O3/c1-5-4-6(2-3-8)7(9)10-5/h3-5H,2H2,1H3. The van der Waals surface area contributed by atoms with E-state index in [9.17, 15) is 9.59 Å². The average Bonchev–Trinajstić information content (AvgIpc) is 2.13. The molecule has 0 amide bonds. The zero-order valence-electron chi connectivity index (χ0n) is 5.66. The van der Waals surface area contributed by atoms with Gasteiger partial charge in [-0.1, -0.05) is 0 Å². The summed E-state index contributed by atoms with van der Waals surface area (Å²) in [5.41, 5.74) is 0.475. The van der Waals surface area contributed by atoms with Gasteiger partial charge in [-0.15, -0.1) is 0 Å². The average molecular weight is 140 g/mol. The minimum atomic E-state index is -0.361. The van der Waals surface area contributed by atoms with Crippen molar-refractivity contribution < 1.29 is 14.3 Å². The van der Waals surface area contributed by atoms with Crippen LogP contribution in [0.3, 0.4) is 0 Å². The Morgan fingerprint density at radius 1 is 1.80 bits per heavy atom. The molecule has 10 heavy (non-hydrogen) atoms. The highest BCUT2D eigenvalue weighted by Crippen LogP contribution is 2.14. The van der Waals surface area contributed by atoms with Crippen LogP contribution in [0.1, 0.15) is 13.3 Å². The van der Waals surface area contributed by atoms with Crippen LogP contribution in [0.2, 0.25) is 0 Å². The number of carbonyl (C=O) groups is 2. The van der Waals surface area contributed by atoms with Crippen LogP contribution in [-0.4, -0.2) is 18.4 Å². The molecular formula is C7H8O3. The number of cyclic esters (lactones) is 1. The van der Waals surface area contributed by atoms with E-state index in [2.05, 4.69) is 0 Å². The van der Waals surface area contributed by atoms with Gasteiger partial charge in [0, 0.05) is 12.0 Å². The molecule has 0 aromatic heterocycles. The highest BCUT2D eigenvalue weighted by Gasteiger charge is 2.20. The van der Waals surface area contributed by atoms with E-state index in [0.717, 1.165) is 0 Å². The molecule has 0 aromatic rings. The van der Waals surface area contributed by atoms with E-state index in [1.807, 2.05) is 0 Å². The second-order valence-electron chi connectivity index (χ2n) is 2.17. The molecule has 0 spiro atoms. The summed E-state index contributed by atoms with van der Waals surface area (Å²) in [6, 6.07) is 0. The van der Waals surface area contributed by atoms with Gasteiger partial charge in [0.15, 0.2) is 0 Å². The van der Waals surface area contributed by atoms with Crippen molar-refractivity contribution in [3.8, 4) is 0 Å². The lowest BCUT2D eigenvalue weighted by Gasteiger charge is -1.96. The summed E-state index contributed by atoms with van der Waals surface area (Å²) in [7, 11) is 0. The fourth-order valence-corrected chi connectivity index (χ4v) is 0.871. The predicted molar refractivity (Wildman–Crippen MR) is 34.3 cm³/mol. The van der Waals surface area contributed by atoms with E-state index in [1.54, 1.807) is 13.0 Å². The molecule has 0 saturated carbocycles. The van der Waals surface area contributed by atoms with Crippen LogP contribution in [-0.2, 0) is 14.3 Å². The first kappa shape index (κ1) is 6.99. The molecule has 3 nitrogen and oxygen atoms in total. The number of rotatable bonds is 2. The molecular weight excluding hydrogens is 132 g/mol. The van der Waals surface area contributed by atoms with E-state index in [4.69, 9.17) is 4.74 Å². The van der Waals surface area contributed by atoms with Crippen molar-refractivity contribution in [2.75, 3.05) is 0 Å². The van der Waals surface area contributed by atoms with Gasteiger partial charge in [0.05, 0.1) is 0 Å². The Balaban J connectivity index is 2.65. The Morgan fingerprint density at radius 2 is 2.50 bits per heavy atom. The molecule has 0 fully saturated rings. The van der Waals surface area contributed by atoms with Gasteiger partial charge in [-0.3, -0.25) is 0 Å². The maximum absolute atomic E-state index is 10.7. The third kappa shape index (κ3) is 1.23. The summed E-state index contributed by atoms with van der Waals surface area (Å²) in [6.07, 6.45) is 2.37. The van der Waals surface area contributed by atoms with E-state index in [1.165, 1.54) is 0 Å². The fourth-order valence-electron chi connectivity index (χ4n) is 0.871. The molecule has 0 aromatic carbocycles. The summed E-state index contributed by atoms with van der Waals surface area (Å²) in [5.74, 6) is -0.361. The van der Waals surface area contributed by atoms with E-state index >= 15 is 0 Å². The third-order valence-electron chi connectivity index (χ3n) is 1.29. The quantitative estimate of drug-likeness (QED) is 0.413. The third-order valence-corrected chi connectivity index (χ3v) is 1.29. The van der Waals surface area contributed by atoms with Gasteiger partial charge >= 0.3 is 5.97 Å². The molecule has 0 bridgehead atoms. The van der Waals surface area contributed by atoms with E-state index < -0.39 is 0 Å². The normalized spacial score (nSPS) is 23.9. The smallest absolute Gasteiger partial charge is 0.334 e. The van der Waals surface area contributed by atoms with E-state index in [0.29, 0.717) is 11.9 Å². The van der Waals surface area contributed by atoms with Gasteiger partial charge in [-0.2, -0.15) is 0 Å². The monoisotopic (exact) mass is 140 g/mol. The first-order valence-electron chi connectivity index (χ1n) is 3.09. The van der Waals surface area contributed by atoms with Crippen molar-refractivity contribution in [1.29, 1.82) is 0 Å². The van der Waals surface area contributed by atoms with Crippen LogP contribution in [0.5, 0.6) is 0 Å². The number of hydrogen-bond acceptors (Lipinski definition) is 3. The number of ether oxygens (including phenoxy) is 1. The summed E-state index contributed by atoms with van der Waals surface area (Å²) < 4.78 is 4.74. The maximum Gasteiger partial charge on any atom is 0.334 e. The molecule has 0 radical (unpaired) electrons. The lowest BCUT2D eigenvalue weighted by molar-refractivity contribution is -0.139. The minimum absolute atomic E-state index is 0.164. The van der Waals surface area contributed by atoms with Gasteiger partial charge in [-0.05, 0) is 13.0 Å². The molecule has 1 unspecified atom stereocenters. The summed E-state index contributed by atoms with van der Waals surface area (Å²) >= 11 is 0. The number of hydrogen-bond donors (Lipinski definition) is 0. The second kappa shape index (κ2) is 2.64. The molecule has 0 N–H and O–H groups in total. The summed E-state index contributed by atoms with van der Waals surface area (Å²) in [6.45, 7) is 1.76. The van der Waals surface area contributed by atoms with E-state index in [-0.39, 0.29) is 18.5 Å². The highest BCUT2D eigenvalue weighted by atomic mass is 16.5. The molecule has 1 aliphatic rings. The Hall–Kier alpha value is -1.12. The maximum atomic E-state index is 10.7. The predicted octanol–water partition coefficient (Wildman–Crippen LogP) is 0.447. The SMILES string of the molecule is CC1C=C(CC=O)C(=O)O1. The number of aldehydes is 1. The van der Waals surface area contributed by atoms with Gasteiger partial charge in [-0.25, -0.2) is 4.79 Å². The van der Waals surface area contributed by atoms with Crippen molar-refractivity contribution >= 4 is 12.3 Å². The lowest BCUT2D eigenvalue weighted by Crippen LogP contribution is -2.03. The van der Waals surface area contributed by atoms with Crippen molar-refractivity contribution in [3.05, 3.63) is 11.6 Å². The van der Waals surface area contributed by atoms with Crippen molar-refractivity contribution in [2.24, 2.45) is 0 Å². The Bertz CT molecular complexity index is 193. The van der Waals surface area contributed by atoms with Crippen LogP contribution in [0.25, 0.3) is 0 Å². The largest absolute Gasteiger partial charge is 0.455 e. The van der Waals surface area contributed by atoms with Gasteiger partial charge in [0.25, 0.3) is 0 Å². The topological polar surface area (TPSA) is 43.4 Å². The molecule has 1 rings (SSSR count). The van der Waals surface area contributed by atoms with Crippen LogP contribution in [0.15, 0.2) is 11.6 Å². The molecule has 3 heteroatoms. The first-order chi connectivity index (χ1) is 4.74. The summed E-state index contributed by atoms with van der Waals surface area (Å²) in [5, 5.41) is 0. The van der Waals surface area contributed by atoms with Gasteiger partial charge < -0.3 is 9.53 Å². The molecule has 0 saturated heterocycles. The molecule has 0 aliphatic carbocycles. The van der Waals surface area contributed by atoms with Crippen LogP contribution < -0.4 is 0 Å². The zero-order chi connectivity index (χ0) is 7.56. The van der Waals surface area contributed by atoms with Crippen LogP contribution in [0, 0.1) is 0 Å². The Labute approximate surface area is 58.7 Å². The van der Waals surface area contributed by atoms with Crippen molar-refractivity contribution in [3.63, 3.8) is 0 Å². The highest BCUT2D eigenvalue weighted by molar-refractivity contribution is 5.93. The zero-order valence-corrected chi connectivity index (χ0v) is 5.66. The van der Waals surface area contributed by atoms with Gasteiger partial charge in [0.1, 0.15) is 12.4 Å². The Morgan fingerprint density at radius 3 is 2.90 bits per heavy atom. The molecule has 54 valence electrons. The molecule has 1 heterocycles. The van der Waals surface area contributed by atoms with Gasteiger partial charge in [0.2, 0.25) is 0 Å². The number of carbonyl (C=O) groups excluding carboxylic acids is 2. The second-order valence-corrected chi connectivity index (χ2v) is 2.17.